The van der Waals surface area contributed by atoms with E-state index in [1.165, 1.54) is 30.5 Å². The number of rotatable bonds is 3. The standard InChI is InChI=1S/C18H25NO2/c1-12-7-13(2)9-15(8-12)19-11-14(10-18(20)21)16-5-3-4-6-17(16)19/h3-6,12-15H,7-11H2,1-2H3,(H,20,21). The highest BCUT2D eigenvalue weighted by atomic mass is 16.4. The average molecular weight is 287 g/mol. The van der Waals surface area contributed by atoms with Gasteiger partial charge in [-0.2, -0.15) is 0 Å². The summed E-state index contributed by atoms with van der Waals surface area (Å²) in [6.07, 6.45) is 4.03. The molecule has 0 bridgehead atoms. The van der Waals surface area contributed by atoms with Gasteiger partial charge in [0.15, 0.2) is 0 Å². The molecule has 1 aliphatic heterocycles. The maximum Gasteiger partial charge on any atom is 0.304 e. The lowest BCUT2D eigenvalue weighted by Gasteiger charge is -2.39. The van der Waals surface area contributed by atoms with Crippen molar-refractivity contribution in [1.29, 1.82) is 0 Å². The Labute approximate surface area is 127 Å². The molecule has 3 atom stereocenters. The predicted molar refractivity (Wildman–Crippen MR) is 84.7 cm³/mol. The Hall–Kier alpha value is -1.51. The molecule has 3 rings (SSSR count). The van der Waals surface area contributed by atoms with Crippen LogP contribution >= 0.6 is 0 Å². The van der Waals surface area contributed by atoms with Gasteiger partial charge in [0.05, 0.1) is 6.42 Å². The second kappa shape index (κ2) is 5.70. The van der Waals surface area contributed by atoms with Crippen molar-refractivity contribution in [2.24, 2.45) is 11.8 Å². The van der Waals surface area contributed by atoms with Gasteiger partial charge in [-0.25, -0.2) is 0 Å². The van der Waals surface area contributed by atoms with E-state index in [-0.39, 0.29) is 12.3 Å². The summed E-state index contributed by atoms with van der Waals surface area (Å²) in [5, 5.41) is 9.16. The van der Waals surface area contributed by atoms with E-state index in [0.29, 0.717) is 6.04 Å². The first kappa shape index (κ1) is 14.4. The zero-order valence-electron chi connectivity index (χ0n) is 13.0. The highest BCUT2D eigenvalue weighted by Gasteiger charge is 2.36. The third-order valence-corrected chi connectivity index (χ3v) is 5.12. The quantitative estimate of drug-likeness (QED) is 0.917. The van der Waals surface area contributed by atoms with Crippen molar-refractivity contribution in [1.82, 2.24) is 0 Å². The van der Waals surface area contributed by atoms with Crippen LogP contribution in [0, 0.1) is 11.8 Å². The summed E-state index contributed by atoms with van der Waals surface area (Å²) in [6.45, 7) is 5.56. The molecule has 3 heteroatoms. The van der Waals surface area contributed by atoms with E-state index in [0.717, 1.165) is 18.4 Å². The molecule has 1 aliphatic carbocycles. The lowest BCUT2D eigenvalue weighted by molar-refractivity contribution is -0.137. The highest BCUT2D eigenvalue weighted by Crippen LogP contribution is 2.43. The minimum Gasteiger partial charge on any atom is -0.481 e. The van der Waals surface area contributed by atoms with Crippen molar-refractivity contribution in [3.05, 3.63) is 29.8 Å². The van der Waals surface area contributed by atoms with Crippen molar-refractivity contribution in [2.45, 2.75) is 51.5 Å². The van der Waals surface area contributed by atoms with Crippen LogP contribution in [0.25, 0.3) is 0 Å². The van der Waals surface area contributed by atoms with Gasteiger partial charge in [-0.15, -0.1) is 0 Å². The van der Waals surface area contributed by atoms with Crippen molar-refractivity contribution in [2.75, 3.05) is 11.4 Å². The molecule has 0 spiro atoms. The molecule has 1 saturated carbocycles. The number of fused-ring (bicyclic) bond motifs is 1. The number of hydrogen-bond donors (Lipinski definition) is 1. The van der Waals surface area contributed by atoms with Crippen molar-refractivity contribution < 1.29 is 9.90 Å². The van der Waals surface area contributed by atoms with Gasteiger partial charge in [0.2, 0.25) is 0 Å². The first-order chi connectivity index (χ1) is 10.0. The summed E-state index contributed by atoms with van der Waals surface area (Å²) in [7, 11) is 0. The summed E-state index contributed by atoms with van der Waals surface area (Å²) in [5.41, 5.74) is 2.50. The fourth-order valence-corrected chi connectivity index (χ4v) is 4.42. The van der Waals surface area contributed by atoms with E-state index in [4.69, 9.17) is 5.11 Å². The van der Waals surface area contributed by atoms with Gasteiger partial charge in [-0.1, -0.05) is 32.0 Å². The second-order valence-corrected chi connectivity index (χ2v) is 7.08. The normalized spacial score (nSPS) is 32.0. The van der Waals surface area contributed by atoms with E-state index in [1.54, 1.807) is 0 Å². The van der Waals surface area contributed by atoms with Gasteiger partial charge in [0.25, 0.3) is 0 Å². The molecule has 0 radical (unpaired) electrons. The van der Waals surface area contributed by atoms with Crippen LogP contribution in [0.2, 0.25) is 0 Å². The molecule has 1 aromatic carbocycles. The number of carboxylic acids is 1. The number of carboxylic acid groups (broad SMARTS) is 1. The number of benzene rings is 1. The van der Waals surface area contributed by atoms with Crippen LogP contribution in [-0.2, 0) is 4.79 Å². The van der Waals surface area contributed by atoms with Crippen LogP contribution in [-0.4, -0.2) is 23.7 Å². The SMILES string of the molecule is CC1CC(C)CC(N2CC(CC(=O)O)c3ccccc32)C1. The molecule has 0 amide bonds. The second-order valence-electron chi connectivity index (χ2n) is 7.08. The Morgan fingerprint density at radius 1 is 1.19 bits per heavy atom. The molecule has 3 unspecified atom stereocenters. The minimum absolute atomic E-state index is 0.145. The average Bonchev–Trinajstić information content (AvgIpc) is 2.76. The zero-order valence-corrected chi connectivity index (χ0v) is 13.0. The third-order valence-electron chi connectivity index (χ3n) is 5.12. The monoisotopic (exact) mass is 287 g/mol. The van der Waals surface area contributed by atoms with Crippen LogP contribution in [0.15, 0.2) is 24.3 Å². The van der Waals surface area contributed by atoms with Gasteiger partial charge >= 0.3 is 5.97 Å². The lowest BCUT2D eigenvalue weighted by atomic mass is 9.80. The molecule has 0 saturated heterocycles. The minimum atomic E-state index is -0.693. The highest BCUT2D eigenvalue weighted by molar-refractivity contribution is 5.71. The van der Waals surface area contributed by atoms with Gasteiger partial charge in [-0.3, -0.25) is 4.79 Å². The van der Waals surface area contributed by atoms with E-state index in [1.807, 2.05) is 6.07 Å². The van der Waals surface area contributed by atoms with Crippen LogP contribution in [0.1, 0.15) is 51.0 Å². The first-order valence-corrected chi connectivity index (χ1v) is 8.12. The predicted octanol–water partition coefficient (Wildman–Crippen LogP) is 3.89. The number of para-hydroxylation sites is 1. The van der Waals surface area contributed by atoms with Gasteiger partial charge < -0.3 is 10.0 Å². The lowest BCUT2D eigenvalue weighted by Crippen LogP contribution is -2.40. The third kappa shape index (κ3) is 2.92. The smallest absolute Gasteiger partial charge is 0.304 e. The molecule has 1 heterocycles. The van der Waals surface area contributed by atoms with Gasteiger partial charge in [0, 0.05) is 24.2 Å². The summed E-state index contributed by atoms with van der Waals surface area (Å²) >= 11 is 0. The molecule has 1 fully saturated rings. The number of anilines is 1. The summed E-state index contributed by atoms with van der Waals surface area (Å²) < 4.78 is 0. The van der Waals surface area contributed by atoms with Crippen molar-refractivity contribution in [3.8, 4) is 0 Å². The Bertz CT molecular complexity index is 518. The molecular weight excluding hydrogens is 262 g/mol. The Balaban J connectivity index is 1.85. The fraction of sp³-hybridized carbons (Fsp3) is 0.611. The summed E-state index contributed by atoms with van der Waals surface area (Å²) in [4.78, 5) is 13.6. The van der Waals surface area contributed by atoms with Gasteiger partial charge in [-0.05, 0) is 42.7 Å². The molecule has 2 aliphatic rings. The Kier molecular flexibility index (Phi) is 3.92. The van der Waals surface area contributed by atoms with Crippen molar-refractivity contribution >= 4 is 11.7 Å². The maximum absolute atomic E-state index is 11.1. The van der Waals surface area contributed by atoms with Gasteiger partial charge in [0.1, 0.15) is 0 Å². The number of carbonyl (C=O) groups is 1. The van der Waals surface area contributed by atoms with Crippen LogP contribution in [0.5, 0.6) is 0 Å². The maximum atomic E-state index is 11.1. The number of nitrogens with zero attached hydrogens (tertiary/aromatic N) is 1. The van der Waals surface area contributed by atoms with Crippen LogP contribution < -0.4 is 4.90 Å². The summed E-state index contributed by atoms with van der Waals surface area (Å²) in [6, 6.07) is 8.96. The molecule has 1 aromatic rings. The van der Waals surface area contributed by atoms with Crippen LogP contribution in [0.3, 0.4) is 0 Å². The first-order valence-electron chi connectivity index (χ1n) is 8.12. The van der Waals surface area contributed by atoms with E-state index in [9.17, 15) is 4.79 Å². The summed E-state index contributed by atoms with van der Waals surface area (Å²) in [5.74, 6) is 0.988. The zero-order chi connectivity index (χ0) is 15.0. The fourth-order valence-electron chi connectivity index (χ4n) is 4.42. The van der Waals surface area contributed by atoms with Crippen molar-refractivity contribution in [3.63, 3.8) is 0 Å². The molecule has 114 valence electrons. The molecular formula is C18H25NO2. The topological polar surface area (TPSA) is 40.5 Å². The Morgan fingerprint density at radius 3 is 2.52 bits per heavy atom. The number of aliphatic carboxylic acids is 1. The van der Waals surface area contributed by atoms with Crippen LogP contribution in [0.4, 0.5) is 5.69 Å². The molecule has 1 N–H and O–H groups in total. The number of hydrogen-bond acceptors (Lipinski definition) is 2. The largest absolute Gasteiger partial charge is 0.481 e. The Morgan fingerprint density at radius 2 is 1.86 bits per heavy atom. The van der Waals surface area contributed by atoms with E-state index in [2.05, 4.69) is 36.9 Å². The molecule has 3 nitrogen and oxygen atoms in total. The van der Waals surface area contributed by atoms with E-state index < -0.39 is 5.97 Å². The van der Waals surface area contributed by atoms with E-state index >= 15 is 0 Å². The molecule has 21 heavy (non-hydrogen) atoms. The molecule has 0 aromatic heterocycles.